The van der Waals surface area contributed by atoms with E-state index in [1.807, 2.05) is 30.3 Å². The summed E-state index contributed by atoms with van der Waals surface area (Å²) in [5.74, 6) is -1.94. The molecule has 172 valence electrons. The predicted molar refractivity (Wildman–Crippen MR) is 124 cm³/mol. The molecule has 1 aliphatic heterocycles. The van der Waals surface area contributed by atoms with Gasteiger partial charge in [0.25, 0.3) is 0 Å². The average Bonchev–Trinajstić information content (AvgIpc) is 3.21. The number of benzene rings is 2. The molecule has 0 unspecified atom stereocenters. The van der Waals surface area contributed by atoms with Crippen LogP contribution in [0.4, 0.5) is 0 Å². The number of rotatable bonds is 3. The van der Waals surface area contributed by atoms with E-state index in [2.05, 4.69) is 11.1 Å². The number of ether oxygens (including phenoxy) is 1. The minimum absolute atomic E-state index is 0.115. The second-order valence-corrected chi connectivity index (χ2v) is 9.32. The first-order valence-electron chi connectivity index (χ1n) is 10.8. The van der Waals surface area contributed by atoms with E-state index in [0.29, 0.717) is 21.7 Å². The number of amides is 1. The van der Waals surface area contributed by atoms with Crippen LogP contribution in [0.3, 0.4) is 0 Å². The fourth-order valence-electron chi connectivity index (χ4n) is 5.50. The molecule has 0 radical (unpaired) electrons. The molecule has 5 atom stereocenters. The van der Waals surface area contributed by atoms with Gasteiger partial charge in [-0.3, -0.25) is 9.78 Å². The maximum Gasteiger partial charge on any atom is 0.228 e. The van der Waals surface area contributed by atoms with Crippen molar-refractivity contribution in [2.75, 3.05) is 14.1 Å². The van der Waals surface area contributed by atoms with Gasteiger partial charge in [-0.25, -0.2) is 0 Å². The molecule has 7 nitrogen and oxygen atoms in total. The van der Waals surface area contributed by atoms with Crippen LogP contribution < -0.4 is 4.74 Å². The third-order valence-electron chi connectivity index (χ3n) is 6.91. The fourth-order valence-corrected chi connectivity index (χ4v) is 5.64. The van der Waals surface area contributed by atoms with Gasteiger partial charge in [-0.05, 0) is 23.3 Å². The lowest BCUT2D eigenvalue weighted by Crippen LogP contribution is -2.52. The Labute approximate surface area is 201 Å². The maximum absolute atomic E-state index is 13.5. The van der Waals surface area contributed by atoms with Crippen LogP contribution in [0.5, 0.6) is 5.75 Å². The molecule has 3 aromatic rings. The zero-order valence-electron chi connectivity index (χ0n) is 18.5. The SMILES string of the molecule is CN(C)C(=O)[C@H]1[C@@H](O)[C@@]2(O)c3ncc(Cl)cc3O[C@@]2(c2ccc(C#N)cc2)[C@@H]1c1ccccc1. The minimum Gasteiger partial charge on any atom is -0.476 e. The quantitative estimate of drug-likeness (QED) is 0.603. The molecule has 2 heterocycles. The standard InChI is InChI=1S/C26H22ClN3O4/c1-30(2)24(32)20-21(16-6-4-3-5-7-16)26(17-10-8-15(13-28)9-11-17)25(33,23(20)31)22-19(34-26)12-18(27)14-29-22/h3-12,14,20-21,23,31,33H,1-2H3/t20-,21-,23-,25+,26+/m1/s1. The maximum atomic E-state index is 13.5. The Morgan fingerprint density at radius 2 is 1.85 bits per heavy atom. The van der Waals surface area contributed by atoms with Gasteiger partial charge in [-0.15, -0.1) is 0 Å². The first-order valence-corrected chi connectivity index (χ1v) is 11.2. The van der Waals surface area contributed by atoms with Crippen LogP contribution in [0.25, 0.3) is 0 Å². The van der Waals surface area contributed by atoms with Crippen molar-refractivity contribution >= 4 is 17.5 Å². The highest BCUT2D eigenvalue weighted by Gasteiger charge is 2.78. The number of carbonyl (C=O) groups is 1. The number of hydrogen-bond acceptors (Lipinski definition) is 6. The molecule has 1 amide bonds. The lowest BCUT2D eigenvalue weighted by atomic mass is 9.71. The van der Waals surface area contributed by atoms with Gasteiger partial charge in [0.1, 0.15) is 17.5 Å². The van der Waals surface area contributed by atoms with Crippen molar-refractivity contribution in [3.8, 4) is 11.8 Å². The van der Waals surface area contributed by atoms with E-state index in [1.54, 1.807) is 44.4 Å². The summed E-state index contributed by atoms with van der Waals surface area (Å²) in [6, 6.07) is 19.4. The van der Waals surface area contributed by atoms with Crippen LogP contribution in [0, 0.1) is 17.2 Å². The summed E-state index contributed by atoms with van der Waals surface area (Å²) in [5.41, 5.74) is -1.93. The van der Waals surface area contributed by atoms with Crippen molar-refractivity contribution in [1.82, 2.24) is 9.88 Å². The number of nitrogens with zero attached hydrogens (tertiary/aromatic N) is 3. The number of nitriles is 1. The van der Waals surface area contributed by atoms with Gasteiger partial charge in [0.2, 0.25) is 5.91 Å². The van der Waals surface area contributed by atoms with Gasteiger partial charge in [-0.1, -0.05) is 54.1 Å². The van der Waals surface area contributed by atoms with Gasteiger partial charge < -0.3 is 19.8 Å². The summed E-state index contributed by atoms with van der Waals surface area (Å²) in [5, 5.41) is 33.7. The van der Waals surface area contributed by atoms with E-state index >= 15 is 0 Å². The average molecular weight is 476 g/mol. The topological polar surface area (TPSA) is 107 Å². The monoisotopic (exact) mass is 475 g/mol. The summed E-state index contributed by atoms with van der Waals surface area (Å²) in [7, 11) is 3.22. The second kappa shape index (κ2) is 7.81. The number of fused-ring (bicyclic) bond motifs is 3. The van der Waals surface area contributed by atoms with Crippen LogP contribution in [0.15, 0.2) is 66.9 Å². The summed E-state index contributed by atoms with van der Waals surface area (Å²) >= 11 is 6.18. The number of halogens is 1. The van der Waals surface area contributed by atoms with E-state index in [0.717, 1.165) is 0 Å². The van der Waals surface area contributed by atoms with Crippen molar-refractivity contribution in [2.24, 2.45) is 5.92 Å². The highest BCUT2D eigenvalue weighted by Crippen LogP contribution is 2.68. The Morgan fingerprint density at radius 3 is 2.47 bits per heavy atom. The van der Waals surface area contributed by atoms with Gasteiger partial charge in [0, 0.05) is 32.3 Å². The Hall–Kier alpha value is -3.44. The number of hydrogen-bond donors (Lipinski definition) is 2. The molecule has 0 saturated heterocycles. The minimum atomic E-state index is -2.07. The van der Waals surface area contributed by atoms with E-state index in [9.17, 15) is 20.3 Å². The van der Waals surface area contributed by atoms with Crippen LogP contribution >= 0.6 is 11.6 Å². The third kappa shape index (κ3) is 2.83. The molecule has 1 aromatic heterocycles. The number of carbonyl (C=O) groups excluding carboxylic acids is 1. The lowest BCUT2D eigenvalue weighted by Gasteiger charge is -2.40. The van der Waals surface area contributed by atoms with Crippen molar-refractivity contribution in [3.63, 3.8) is 0 Å². The molecule has 2 aromatic carbocycles. The Morgan fingerprint density at radius 1 is 1.18 bits per heavy atom. The second-order valence-electron chi connectivity index (χ2n) is 8.89. The van der Waals surface area contributed by atoms with Gasteiger partial charge in [0.15, 0.2) is 11.2 Å². The van der Waals surface area contributed by atoms with E-state index in [1.165, 1.54) is 11.1 Å². The van der Waals surface area contributed by atoms with Crippen LogP contribution in [-0.2, 0) is 16.0 Å². The number of aliphatic hydroxyl groups excluding tert-OH is 1. The van der Waals surface area contributed by atoms with E-state index < -0.39 is 29.1 Å². The molecular formula is C26H22ClN3O4. The fraction of sp³-hybridized carbons (Fsp3) is 0.269. The molecule has 2 N–H and O–H groups in total. The van der Waals surface area contributed by atoms with Crippen molar-refractivity contribution in [3.05, 3.63) is 94.3 Å². The first kappa shape index (κ1) is 22.4. The van der Waals surface area contributed by atoms with E-state index in [4.69, 9.17) is 16.3 Å². The summed E-state index contributed by atoms with van der Waals surface area (Å²) < 4.78 is 6.55. The van der Waals surface area contributed by atoms with Crippen LogP contribution in [0.2, 0.25) is 5.02 Å². The molecule has 8 heteroatoms. The largest absolute Gasteiger partial charge is 0.476 e. The smallest absolute Gasteiger partial charge is 0.228 e. The van der Waals surface area contributed by atoms with Crippen molar-refractivity contribution in [2.45, 2.75) is 23.2 Å². The molecule has 0 spiro atoms. The van der Waals surface area contributed by atoms with Gasteiger partial charge in [-0.2, -0.15) is 5.26 Å². The van der Waals surface area contributed by atoms with Crippen LogP contribution in [0.1, 0.15) is 28.3 Å². The van der Waals surface area contributed by atoms with Gasteiger partial charge in [0.05, 0.1) is 22.6 Å². The lowest BCUT2D eigenvalue weighted by molar-refractivity contribution is -0.157. The van der Waals surface area contributed by atoms with Gasteiger partial charge >= 0.3 is 0 Å². The Kier molecular flexibility index (Phi) is 5.14. The molecule has 1 aliphatic carbocycles. The Balaban J connectivity index is 1.86. The zero-order chi connectivity index (χ0) is 24.3. The molecule has 1 saturated carbocycles. The summed E-state index contributed by atoms with van der Waals surface area (Å²) in [6.45, 7) is 0. The van der Waals surface area contributed by atoms with E-state index in [-0.39, 0.29) is 17.4 Å². The molecular weight excluding hydrogens is 454 g/mol. The molecule has 1 fully saturated rings. The zero-order valence-corrected chi connectivity index (χ0v) is 19.3. The number of aromatic nitrogens is 1. The number of aliphatic hydroxyl groups is 2. The Bertz CT molecular complexity index is 1310. The van der Waals surface area contributed by atoms with Crippen molar-refractivity contribution in [1.29, 1.82) is 5.26 Å². The molecule has 0 bridgehead atoms. The normalized spacial score (nSPS) is 29.0. The third-order valence-corrected chi connectivity index (χ3v) is 7.12. The number of pyridine rings is 1. The van der Waals surface area contributed by atoms with Crippen LogP contribution in [-0.4, -0.2) is 46.2 Å². The van der Waals surface area contributed by atoms with Crippen molar-refractivity contribution < 1.29 is 19.7 Å². The highest BCUT2D eigenvalue weighted by molar-refractivity contribution is 6.30. The summed E-state index contributed by atoms with van der Waals surface area (Å²) in [6.07, 6.45) is -0.166. The molecule has 5 rings (SSSR count). The first-order chi connectivity index (χ1) is 16.3. The highest BCUT2D eigenvalue weighted by atomic mass is 35.5. The molecule has 34 heavy (non-hydrogen) atoms. The summed E-state index contributed by atoms with van der Waals surface area (Å²) in [4.78, 5) is 19.2. The predicted octanol–water partition coefficient (Wildman–Crippen LogP) is 2.94. The molecule has 2 aliphatic rings.